The second-order valence-electron chi connectivity index (χ2n) is 7.32. The van der Waals surface area contributed by atoms with Gasteiger partial charge in [0.2, 0.25) is 5.91 Å². The van der Waals surface area contributed by atoms with Gasteiger partial charge in [0, 0.05) is 24.0 Å². The molecule has 0 fully saturated rings. The Bertz CT molecular complexity index is 1260. The maximum atomic E-state index is 11.8. The molecule has 160 valence electrons. The van der Waals surface area contributed by atoms with Crippen molar-refractivity contribution in [2.24, 2.45) is 0 Å². The number of fused-ring (bicyclic) bond motifs is 1. The van der Waals surface area contributed by atoms with Gasteiger partial charge in [0.1, 0.15) is 12.1 Å². The first-order valence-electron chi connectivity index (χ1n) is 10.2. The number of benzene rings is 3. The molecule has 0 aliphatic carbocycles. The zero-order valence-corrected chi connectivity index (χ0v) is 17.3. The first-order chi connectivity index (χ1) is 15.6. The molecule has 1 aromatic heterocycles. The molecule has 0 saturated heterocycles. The fraction of sp³-hybridized carbons (Fsp3) is 0.120. The van der Waals surface area contributed by atoms with Crippen LogP contribution in [0.4, 0.5) is 11.5 Å². The molecule has 0 saturated carbocycles. The van der Waals surface area contributed by atoms with Gasteiger partial charge in [0.25, 0.3) is 0 Å². The highest BCUT2D eigenvalue weighted by Crippen LogP contribution is 2.29. The van der Waals surface area contributed by atoms with Crippen molar-refractivity contribution in [2.45, 2.75) is 19.4 Å². The molecule has 3 aromatic carbocycles. The lowest BCUT2D eigenvalue weighted by Crippen LogP contribution is -2.23. The Morgan fingerprint density at radius 2 is 1.66 bits per heavy atom. The molecule has 32 heavy (non-hydrogen) atoms. The Hall–Kier alpha value is -4.26. The van der Waals surface area contributed by atoms with E-state index < -0.39 is 5.97 Å². The minimum Gasteiger partial charge on any atom is -0.481 e. The van der Waals surface area contributed by atoms with E-state index in [1.807, 2.05) is 72.8 Å². The number of nitrogens with one attached hydrogen (secondary N) is 2. The average molecular weight is 426 g/mol. The summed E-state index contributed by atoms with van der Waals surface area (Å²) in [6.45, 7) is 0.337. The van der Waals surface area contributed by atoms with Gasteiger partial charge in [0.05, 0.1) is 11.9 Å². The predicted molar refractivity (Wildman–Crippen MR) is 123 cm³/mol. The fourth-order valence-electron chi connectivity index (χ4n) is 3.36. The first-order valence-corrected chi connectivity index (χ1v) is 10.2. The monoisotopic (exact) mass is 426 g/mol. The molecule has 0 aliphatic heterocycles. The molecule has 1 heterocycles. The molecule has 3 N–H and O–H groups in total. The summed E-state index contributed by atoms with van der Waals surface area (Å²) in [4.78, 5) is 31.2. The van der Waals surface area contributed by atoms with Gasteiger partial charge in [-0.05, 0) is 47.0 Å². The number of carbonyl (C=O) groups is 2. The summed E-state index contributed by atoms with van der Waals surface area (Å²) in [6, 6.07) is 23.7. The predicted octanol–water partition coefficient (Wildman–Crippen LogP) is 4.52. The number of hydrogen-bond acceptors (Lipinski definition) is 5. The molecular weight excluding hydrogens is 404 g/mol. The molecule has 4 aromatic rings. The van der Waals surface area contributed by atoms with E-state index in [2.05, 4.69) is 20.6 Å². The number of para-hydroxylation sites is 1. The zero-order valence-electron chi connectivity index (χ0n) is 17.3. The van der Waals surface area contributed by atoms with Crippen molar-refractivity contribution < 1.29 is 14.7 Å². The first kappa shape index (κ1) is 21.0. The number of carboxylic acids is 1. The van der Waals surface area contributed by atoms with E-state index in [1.54, 1.807) is 6.33 Å². The third-order valence-electron chi connectivity index (χ3n) is 4.99. The number of carboxylic acid groups (broad SMARTS) is 1. The van der Waals surface area contributed by atoms with Crippen LogP contribution in [0, 0.1) is 0 Å². The van der Waals surface area contributed by atoms with Crippen LogP contribution in [0.2, 0.25) is 0 Å². The minimum absolute atomic E-state index is 0.0309. The Balaban J connectivity index is 1.56. The van der Waals surface area contributed by atoms with E-state index >= 15 is 0 Å². The van der Waals surface area contributed by atoms with Crippen LogP contribution in [-0.2, 0) is 16.1 Å². The Kier molecular flexibility index (Phi) is 6.36. The van der Waals surface area contributed by atoms with E-state index in [9.17, 15) is 9.59 Å². The van der Waals surface area contributed by atoms with Gasteiger partial charge in [0.15, 0.2) is 0 Å². The topological polar surface area (TPSA) is 104 Å². The normalized spacial score (nSPS) is 10.6. The van der Waals surface area contributed by atoms with E-state index in [-0.39, 0.29) is 18.7 Å². The van der Waals surface area contributed by atoms with Crippen LogP contribution in [0.1, 0.15) is 18.4 Å². The molecule has 1 amide bonds. The van der Waals surface area contributed by atoms with Gasteiger partial charge in [-0.3, -0.25) is 9.59 Å². The highest BCUT2D eigenvalue weighted by atomic mass is 16.4. The summed E-state index contributed by atoms with van der Waals surface area (Å²) >= 11 is 0. The Morgan fingerprint density at radius 1 is 0.844 bits per heavy atom. The average Bonchev–Trinajstić information content (AvgIpc) is 2.82. The highest BCUT2D eigenvalue weighted by Gasteiger charge is 2.09. The lowest BCUT2D eigenvalue weighted by Gasteiger charge is -2.11. The van der Waals surface area contributed by atoms with Gasteiger partial charge in [-0.2, -0.15) is 0 Å². The van der Waals surface area contributed by atoms with E-state index in [4.69, 9.17) is 5.11 Å². The third-order valence-corrected chi connectivity index (χ3v) is 4.99. The number of aliphatic carboxylic acids is 1. The number of amides is 1. The van der Waals surface area contributed by atoms with Crippen molar-refractivity contribution in [1.82, 2.24) is 15.3 Å². The van der Waals surface area contributed by atoms with Gasteiger partial charge in [-0.25, -0.2) is 9.97 Å². The van der Waals surface area contributed by atoms with Crippen molar-refractivity contribution >= 4 is 34.3 Å². The van der Waals surface area contributed by atoms with Crippen LogP contribution < -0.4 is 10.6 Å². The molecule has 0 bridgehead atoms. The number of hydrogen-bond donors (Lipinski definition) is 3. The quantitative estimate of drug-likeness (QED) is 0.383. The van der Waals surface area contributed by atoms with Crippen molar-refractivity contribution in [2.75, 3.05) is 5.32 Å². The molecule has 0 atom stereocenters. The van der Waals surface area contributed by atoms with E-state index in [0.29, 0.717) is 6.54 Å². The van der Waals surface area contributed by atoms with Crippen LogP contribution in [-0.4, -0.2) is 27.0 Å². The van der Waals surface area contributed by atoms with Gasteiger partial charge in [-0.15, -0.1) is 0 Å². The van der Waals surface area contributed by atoms with Crippen LogP contribution >= 0.6 is 0 Å². The highest BCUT2D eigenvalue weighted by molar-refractivity contribution is 5.93. The SMILES string of the molecule is O=C(O)CCC(=O)NCc1cccc(-c2ccc3ncnc(Nc4ccccc4)c3c2)c1. The lowest BCUT2D eigenvalue weighted by atomic mass is 10.0. The number of aromatic nitrogens is 2. The molecule has 7 heteroatoms. The molecule has 0 spiro atoms. The van der Waals surface area contributed by atoms with Crippen LogP contribution in [0.15, 0.2) is 79.1 Å². The van der Waals surface area contributed by atoms with Crippen LogP contribution in [0.25, 0.3) is 22.0 Å². The molecular formula is C25H22N4O3. The fourth-order valence-corrected chi connectivity index (χ4v) is 3.36. The van der Waals surface area contributed by atoms with Gasteiger partial charge >= 0.3 is 5.97 Å². The minimum atomic E-state index is -0.983. The lowest BCUT2D eigenvalue weighted by molar-refractivity contribution is -0.138. The second-order valence-corrected chi connectivity index (χ2v) is 7.32. The maximum Gasteiger partial charge on any atom is 0.303 e. The number of carbonyl (C=O) groups excluding carboxylic acids is 1. The third kappa shape index (κ3) is 5.26. The van der Waals surface area contributed by atoms with E-state index in [1.165, 1.54) is 0 Å². The number of nitrogens with zero attached hydrogens (tertiary/aromatic N) is 2. The molecule has 7 nitrogen and oxygen atoms in total. The number of rotatable bonds is 8. The molecule has 0 aliphatic rings. The van der Waals surface area contributed by atoms with Crippen LogP contribution in [0.5, 0.6) is 0 Å². The Morgan fingerprint density at radius 3 is 2.47 bits per heavy atom. The zero-order chi connectivity index (χ0) is 22.3. The van der Waals surface area contributed by atoms with Crippen molar-refractivity contribution in [3.8, 4) is 11.1 Å². The molecule has 0 radical (unpaired) electrons. The van der Waals surface area contributed by atoms with Crippen molar-refractivity contribution in [1.29, 1.82) is 0 Å². The Labute approximate surface area is 185 Å². The summed E-state index contributed by atoms with van der Waals surface area (Å²) < 4.78 is 0. The van der Waals surface area contributed by atoms with Gasteiger partial charge in [-0.1, -0.05) is 42.5 Å². The summed E-state index contributed by atoms with van der Waals surface area (Å²) in [5.74, 6) is -0.536. The van der Waals surface area contributed by atoms with E-state index in [0.717, 1.165) is 39.1 Å². The van der Waals surface area contributed by atoms with Crippen molar-refractivity contribution in [3.63, 3.8) is 0 Å². The van der Waals surface area contributed by atoms with Gasteiger partial charge < -0.3 is 15.7 Å². The largest absolute Gasteiger partial charge is 0.481 e. The summed E-state index contributed by atoms with van der Waals surface area (Å²) in [6.07, 6.45) is 1.34. The summed E-state index contributed by atoms with van der Waals surface area (Å²) in [7, 11) is 0. The molecule has 0 unspecified atom stereocenters. The smallest absolute Gasteiger partial charge is 0.303 e. The maximum absolute atomic E-state index is 11.8. The summed E-state index contributed by atoms with van der Waals surface area (Å²) in [5.41, 5.74) is 4.71. The second kappa shape index (κ2) is 9.70. The number of anilines is 2. The summed E-state index contributed by atoms with van der Waals surface area (Å²) in [5, 5.41) is 15.7. The molecule has 4 rings (SSSR count). The standard InChI is InChI=1S/C25H22N4O3/c30-23(11-12-24(31)32)26-15-17-5-4-6-18(13-17)19-9-10-22-21(14-19)25(28-16-27-22)29-20-7-2-1-3-8-20/h1-10,13-14,16H,11-12,15H2,(H,26,30)(H,31,32)(H,27,28,29). The van der Waals surface area contributed by atoms with Crippen LogP contribution in [0.3, 0.4) is 0 Å². The van der Waals surface area contributed by atoms with Crippen molar-refractivity contribution in [3.05, 3.63) is 84.7 Å².